The highest BCUT2D eigenvalue weighted by Crippen LogP contribution is 2.40. The maximum Gasteiger partial charge on any atom is 0.341 e. The van der Waals surface area contributed by atoms with Crippen LogP contribution in [0.25, 0.3) is 22.2 Å². The number of nitrogens with one attached hydrogen (secondary N) is 1. The summed E-state index contributed by atoms with van der Waals surface area (Å²) in [7, 11) is 1.39. The van der Waals surface area contributed by atoms with Gasteiger partial charge in [-0.1, -0.05) is 55.5 Å². The molecule has 2 aromatic heterocycles. The van der Waals surface area contributed by atoms with Gasteiger partial charge in [0.25, 0.3) is 5.91 Å². The molecule has 5 rings (SSSR count). The number of thiophene rings is 1. The number of carbonyl (C=O) groups is 2. The van der Waals surface area contributed by atoms with Gasteiger partial charge in [-0.2, -0.15) is 0 Å². The zero-order chi connectivity index (χ0) is 23.8. The van der Waals surface area contributed by atoms with Crippen molar-refractivity contribution in [2.75, 3.05) is 12.4 Å². The lowest BCUT2D eigenvalue weighted by molar-refractivity contribution is 0.0601. The standard InChI is InChI=1S/C28H26N2O3S/c1-16-13-14-20-22(15-16)34-27(24(20)28(32)33-3)30-26(31)23-17(2)25(18-9-5-4-6-10-18)29-21-12-8-7-11-19(21)23/h4-12,16H,13-15H2,1-3H3,(H,30,31). The molecule has 2 heterocycles. The number of hydrogen-bond donors (Lipinski definition) is 1. The van der Waals surface area contributed by atoms with Crippen molar-refractivity contribution < 1.29 is 14.3 Å². The van der Waals surface area contributed by atoms with E-state index in [0.29, 0.717) is 22.0 Å². The van der Waals surface area contributed by atoms with E-state index in [1.807, 2.05) is 61.5 Å². The molecule has 1 aliphatic carbocycles. The molecule has 0 spiro atoms. The Labute approximate surface area is 202 Å². The van der Waals surface area contributed by atoms with E-state index in [-0.39, 0.29) is 5.91 Å². The first kappa shape index (κ1) is 22.3. The Bertz CT molecular complexity index is 1410. The van der Waals surface area contributed by atoms with Gasteiger partial charge < -0.3 is 10.1 Å². The van der Waals surface area contributed by atoms with Gasteiger partial charge in [0.15, 0.2) is 0 Å². The summed E-state index contributed by atoms with van der Waals surface area (Å²) in [5, 5.41) is 4.43. The van der Waals surface area contributed by atoms with Crippen molar-refractivity contribution in [3.05, 3.63) is 81.7 Å². The van der Waals surface area contributed by atoms with E-state index in [9.17, 15) is 9.59 Å². The molecular formula is C28H26N2O3S. The van der Waals surface area contributed by atoms with Crippen LogP contribution in [-0.2, 0) is 17.6 Å². The lowest BCUT2D eigenvalue weighted by Gasteiger charge is -2.18. The number of esters is 1. The monoisotopic (exact) mass is 470 g/mol. The first-order valence-corrected chi connectivity index (χ1v) is 12.3. The molecule has 1 atom stereocenters. The van der Waals surface area contributed by atoms with Crippen molar-refractivity contribution in [1.82, 2.24) is 4.98 Å². The summed E-state index contributed by atoms with van der Waals surface area (Å²) in [5.74, 6) is -0.0891. The predicted octanol–water partition coefficient (Wildman–Crippen LogP) is 6.44. The number of fused-ring (bicyclic) bond motifs is 2. The van der Waals surface area contributed by atoms with Gasteiger partial charge in [-0.15, -0.1) is 11.3 Å². The second-order valence-electron chi connectivity index (χ2n) is 8.85. The van der Waals surface area contributed by atoms with Gasteiger partial charge >= 0.3 is 5.97 Å². The molecule has 6 heteroatoms. The zero-order valence-corrected chi connectivity index (χ0v) is 20.3. The molecule has 5 nitrogen and oxygen atoms in total. The quantitative estimate of drug-likeness (QED) is 0.349. The normalized spacial score (nSPS) is 15.1. The summed E-state index contributed by atoms with van der Waals surface area (Å²) in [6.45, 7) is 4.15. The van der Waals surface area contributed by atoms with Crippen molar-refractivity contribution in [2.24, 2.45) is 5.92 Å². The van der Waals surface area contributed by atoms with Crippen LogP contribution in [0, 0.1) is 12.8 Å². The fourth-order valence-corrected chi connectivity index (χ4v) is 6.19. The third-order valence-electron chi connectivity index (χ3n) is 6.54. The fourth-order valence-electron chi connectivity index (χ4n) is 4.80. The van der Waals surface area contributed by atoms with Crippen molar-refractivity contribution >= 4 is 39.1 Å². The molecule has 0 saturated carbocycles. The Balaban J connectivity index is 1.63. The van der Waals surface area contributed by atoms with Gasteiger partial charge in [-0.25, -0.2) is 9.78 Å². The molecule has 1 unspecified atom stereocenters. The van der Waals surface area contributed by atoms with E-state index < -0.39 is 5.97 Å². The number of rotatable bonds is 4. The van der Waals surface area contributed by atoms with Gasteiger partial charge in [0, 0.05) is 15.8 Å². The van der Waals surface area contributed by atoms with Gasteiger partial charge in [0.1, 0.15) is 5.00 Å². The maximum absolute atomic E-state index is 13.8. The highest BCUT2D eigenvalue weighted by atomic mass is 32.1. The van der Waals surface area contributed by atoms with Crippen LogP contribution in [0.4, 0.5) is 5.00 Å². The molecule has 34 heavy (non-hydrogen) atoms. The summed E-state index contributed by atoms with van der Waals surface area (Å²) in [4.78, 5) is 32.5. The Morgan fingerprint density at radius 1 is 1.06 bits per heavy atom. The van der Waals surface area contributed by atoms with Crippen molar-refractivity contribution in [1.29, 1.82) is 0 Å². The van der Waals surface area contributed by atoms with Gasteiger partial charge in [-0.05, 0) is 49.3 Å². The second-order valence-corrected chi connectivity index (χ2v) is 9.95. The molecule has 0 radical (unpaired) electrons. The van der Waals surface area contributed by atoms with E-state index >= 15 is 0 Å². The number of nitrogens with zero attached hydrogens (tertiary/aromatic N) is 1. The first-order valence-electron chi connectivity index (χ1n) is 11.5. The molecule has 1 aliphatic rings. The average Bonchev–Trinajstić information content (AvgIpc) is 3.20. The first-order chi connectivity index (χ1) is 16.5. The third-order valence-corrected chi connectivity index (χ3v) is 7.71. The Morgan fingerprint density at radius 2 is 1.79 bits per heavy atom. The maximum atomic E-state index is 13.8. The fraction of sp³-hybridized carbons (Fsp3) is 0.250. The number of aromatic nitrogens is 1. The second kappa shape index (κ2) is 9.03. The molecule has 172 valence electrons. The molecule has 1 amide bonds. The van der Waals surface area contributed by atoms with Crippen LogP contribution in [0.1, 0.15) is 50.1 Å². The van der Waals surface area contributed by atoms with Crippen LogP contribution < -0.4 is 5.32 Å². The van der Waals surface area contributed by atoms with E-state index in [2.05, 4.69) is 12.2 Å². The molecule has 0 saturated heterocycles. The highest BCUT2D eigenvalue weighted by molar-refractivity contribution is 7.17. The zero-order valence-electron chi connectivity index (χ0n) is 19.5. The Hall–Kier alpha value is -3.51. The Kier molecular flexibility index (Phi) is 5.92. The van der Waals surface area contributed by atoms with Crippen LogP contribution in [-0.4, -0.2) is 24.0 Å². The molecule has 0 bridgehead atoms. The largest absolute Gasteiger partial charge is 0.465 e. The number of methoxy groups -OCH3 is 1. The molecule has 2 aromatic carbocycles. The minimum absolute atomic E-state index is 0.245. The third kappa shape index (κ3) is 3.88. The smallest absolute Gasteiger partial charge is 0.341 e. The van der Waals surface area contributed by atoms with Crippen molar-refractivity contribution in [3.63, 3.8) is 0 Å². The number of ether oxygens (including phenoxy) is 1. The number of para-hydroxylation sites is 1. The van der Waals surface area contributed by atoms with Gasteiger partial charge in [0.05, 0.1) is 29.4 Å². The molecule has 0 aliphatic heterocycles. The lowest BCUT2D eigenvalue weighted by atomic mass is 9.88. The molecule has 1 N–H and O–H groups in total. The molecule has 0 fully saturated rings. The lowest BCUT2D eigenvalue weighted by Crippen LogP contribution is -2.17. The highest BCUT2D eigenvalue weighted by Gasteiger charge is 2.30. The summed E-state index contributed by atoms with van der Waals surface area (Å²) < 4.78 is 5.09. The van der Waals surface area contributed by atoms with Crippen molar-refractivity contribution in [3.8, 4) is 11.3 Å². The van der Waals surface area contributed by atoms with Crippen LogP contribution in [0.3, 0.4) is 0 Å². The summed E-state index contributed by atoms with van der Waals surface area (Å²) in [5.41, 5.74) is 5.38. The minimum Gasteiger partial charge on any atom is -0.465 e. The number of anilines is 1. The summed E-state index contributed by atoms with van der Waals surface area (Å²) in [6.07, 6.45) is 2.76. The van der Waals surface area contributed by atoms with E-state index in [4.69, 9.17) is 9.72 Å². The van der Waals surface area contributed by atoms with Crippen molar-refractivity contribution in [2.45, 2.75) is 33.1 Å². The number of hydrogen-bond acceptors (Lipinski definition) is 5. The van der Waals surface area contributed by atoms with E-state index in [1.54, 1.807) is 0 Å². The Morgan fingerprint density at radius 3 is 2.56 bits per heavy atom. The summed E-state index contributed by atoms with van der Waals surface area (Å²) >= 11 is 1.50. The molecule has 4 aromatic rings. The molecular weight excluding hydrogens is 444 g/mol. The van der Waals surface area contributed by atoms with E-state index in [0.717, 1.165) is 57.4 Å². The van der Waals surface area contributed by atoms with Gasteiger partial charge in [0.2, 0.25) is 0 Å². The average molecular weight is 471 g/mol. The predicted molar refractivity (Wildman–Crippen MR) is 137 cm³/mol. The van der Waals surface area contributed by atoms with Crippen LogP contribution in [0.2, 0.25) is 0 Å². The number of carbonyl (C=O) groups excluding carboxylic acids is 2. The SMILES string of the molecule is COC(=O)c1c(NC(=O)c2c(C)c(-c3ccccc3)nc3ccccc23)sc2c1CCC(C)C2. The van der Waals surface area contributed by atoms with E-state index in [1.165, 1.54) is 18.4 Å². The van der Waals surface area contributed by atoms with Crippen LogP contribution in [0.15, 0.2) is 54.6 Å². The van der Waals surface area contributed by atoms with Crippen LogP contribution >= 0.6 is 11.3 Å². The van der Waals surface area contributed by atoms with Crippen LogP contribution in [0.5, 0.6) is 0 Å². The number of amides is 1. The topological polar surface area (TPSA) is 68.3 Å². The minimum atomic E-state index is -0.399. The summed E-state index contributed by atoms with van der Waals surface area (Å²) in [6, 6.07) is 17.5. The van der Waals surface area contributed by atoms with Gasteiger partial charge in [-0.3, -0.25) is 4.79 Å². The number of pyridine rings is 1. The number of benzene rings is 2.